The van der Waals surface area contributed by atoms with E-state index < -0.39 is 5.97 Å². The number of aliphatic hydroxyl groups is 2. The van der Waals surface area contributed by atoms with Gasteiger partial charge in [0.2, 0.25) is 0 Å². The van der Waals surface area contributed by atoms with Gasteiger partial charge in [0.15, 0.2) is 0 Å². The Balaban J connectivity index is 1.30. The monoisotopic (exact) mass is 502 g/mol. The van der Waals surface area contributed by atoms with E-state index in [-0.39, 0.29) is 28.9 Å². The van der Waals surface area contributed by atoms with Gasteiger partial charge in [-0.2, -0.15) is 0 Å². The average Bonchev–Trinajstić information content (AvgIpc) is 3.44. The maximum absolute atomic E-state index is 11.9. The standard InChI is InChI=1S/C28H46N4O4/c1-5-18-22-15-17(33)10-12-28(22,4)21-11-13-27(3)19(8-9-20(27)23(21)24(18)34)16(2)7-6-14-32-25(26(35)36)29-30-31-32/h16-24,33-34H,5-15H2,1-4H3,(H,35,36)/t16-,17-,18-,19-,20?,21?,22+,23?,24-,27?,28?/m1/s1. The third-order valence-corrected chi connectivity index (χ3v) is 11.9. The van der Waals surface area contributed by atoms with Gasteiger partial charge >= 0.3 is 5.97 Å². The number of carbonyl (C=O) groups is 1. The normalized spacial score (nSPS) is 44.9. The first kappa shape index (κ1) is 26.1. The summed E-state index contributed by atoms with van der Waals surface area (Å²) >= 11 is 0. The number of hydrogen-bond acceptors (Lipinski definition) is 6. The number of aromatic nitrogens is 4. The maximum atomic E-state index is 11.9. The average molecular weight is 503 g/mol. The molecular weight excluding hydrogens is 456 g/mol. The Morgan fingerprint density at radius 2 is 1.81 bits per heavy atom. The highest BCUT2D eigenvalue weighted by molar-refractivity contribution is 5.82. The summed E-state index contributed by atoms with van der Waals surface area (Å²) < 4.78 is 1.40. The van der Waals surface area contributed by atoms with Gasteiger partial charge in [0.05, 0.1) is 12.2 Å². The van der Waals surface area contributed by atoms with Gasteiger partial charge in [0.25, 0.3) is 5.82 Å². The zero-order chi connectivity index (χ0) is 25.8. The van der Waals surface area contributed by atoms with Crippen LogP contribution in [-0.2, 0) is 6.54 Å². The smallest absolute Gasteiger partial charge is 0.375 e. The van der Waals surface area contributed by atoms with Crippen LogP contribution in [0.2, 0.25) is 0 Å². The first-order chi connectivity index (χ1) is 17.1. The predicted octanol–water partition coefficient (Wildman–Crippen LogP) is 4.41. The Morgan fingerprint density at radius 3 is 2.53 bits per heavy atom. The summed E-state index contributed by atoms with van der Waals surface area (Å²) in [5.74, 6) is 2.23. The Hall–Kier alpha value is -1.54. The fourth-order valence-electron chi connectivity index (χ4n) is 10.2. The number of hydrogen-bond donors (Lipinski definition) is 3. The maximum Gasteiger partial charge on any atom is 0.375 e. The van der Waals surface area contributed by atoms with Crippen LogP contribution in [0.5, 0.6) is 0 Å². The van der Waals surface area contributed by atoms with Crippen LogP contribution in [0.15, 0.2) is 0 Å². The Labute approximate surface area is 215 Å². The van der Waals surface area contributed by atoms with Crippen LogP contribution < -0.4 is 0 Å². The number of nitrogens with zero attached hydrogens (tertiary/aromatic N) is 4. The molecule has 0 amide bonds. The molecule has 3 N–H and O–H groups in total. The van der Waals surface area contributed by atoms with Crippen molar-refractivity contribution in [1.82, 2.24) is 20.2 Å². The number of carboxylic acids is 1. The third-order valence-electron chi connectivity index (χ3n) is 11.9. The highest BCUT2D eigenvalue weighted by atomic mass is 16.4. The third kappa shape index (κ3) is 4.01. The first-order valence-corrected chi connectivity index (χ1v) is 14.5. The molecule has 8 heteroatoms. The zero-order valence-electron chi connectivity index (χ0n) is 22.5. The van der Waals surface area contributed by atoms with Crippen molar-refractivity contribution in [1.29, 1.82) is 0 Å². The van der Waals surface area contributed by atoms with Crippen molar-refractivity contribution in [2.75, 3.05) is 0 Å². The van der Waals surface area contributed by atoms with E-state index in [1.807, 2.05) is 0 Å². The quantitative estimate of drug-likeness (QED) is 0.505. The largest absolute Gasteiger partial charge is 0.475 e. The van der Waals surface area contributed by atoms with Gasteiger partial charge in [-0.15, -0.1) is 5.10 Å². The van der Waals surface area contributed by atoms with Gasteiger partial charge in [-0.1, -0.05) is 34.1 Å². The van der Waals surface area contributed by atoms with Gasteiger partial charge < -0.3 is 15.3 Å². The van der Waals surface area contributed by atoms with Crippen molar-refractivity contribution in [2.24, 2.45) is 52.3 Å². The lowest BCUT2D eigenvalue weighted by Crippen LogP contribution is -2.62. The fourth-order valence-corrected chi connectivity index (χ4v) is 10.2. The van der Waals surface area contributed by atoms with Gasteiger partial charge in [0, 0.05) is 6.54 Å². The van der Waals surface area contributed by atoms with E-state index in [1.165, 1.54) is 30.4 Å². The number of fused-ring (bicyclic) bond motifs is 5. The van der Waals surface area contributed by atoms with Crippen LogP contribution in [0.1, 0.15) is 103 Å². The van der Waals surface area contributed by atoms with Gasteiger partial charge in [-0.25, -0.2) is 9.48 Å². The van der Waals surface area contributed by atoms with Gasteiger partial charge in [0.1, 0.15) is 0 Å². The van der Waals surface area contributed by atoms with E-state index in [9.17, 15) is 20.1 Å². The summed E-state index contributed by atoms with van der Waals surface area (Å²) in [4.78, 5) is 11.3. The van der Waals surface area contributed by atoms with E-state index in [4.69, 9.17) is 0 Å². The summed E-state index contributed by atoms with van der Waals surface area (Å²) in [5.41, 5.74) is 0.487. The number of tetrazole rings is 1. The lowest BCUT2D eigenvalue weighted by atomic mass is 9.41. The van der Waals surface area contributed by atoms with Crippen molar-refractivity contribution in [3.63, 3.8) is 0 Å². The van der Waals surface area contributed by atoms with E-state index in [0.717, 1.165) is 38.5 Å². The molecule has 0 saturated heterocycles. The van der Waals surface area contributed by atoms with Gasteiger partial charge in [-0.3, -0.25) is 0 Å². The molecule has 202 valence electrons. The first-order valence-electron chi connectivity index (χ1n) is 14.5. The van der Waals surface area contributed by atoms with Crippen molar-refractivity contribution < 1.29 is 20.1 Å². The second-order valence-corrected chi connectivity index (χ2v) is 13.3. The van der Waals surface area contributed by atoms with Crippen LogP contribution >= 0.6 is 0 Å². The van der Waals surface area contributed by atoms with Crippen LogP contribution in [-0.4, -0.2) is 53.7 Å². The van der Waals surface area contributed by atoms with Gasteiger partial charge in [-0.05, 0) is 120 Å². The lowest BCUT2D eigenvalue weighted by molar-refractivity contribution is -0.203. The zero-order valence-corrected chi connectivity index (χ0v) is 22.5. The summed E-state index contributed by atoms with van der Waals surface area (Å²) in [6.07, 6.45) is 10.2. The Morgan fingerprint density at radius 1 is 1.08 bits per heavy atom. The SMILES string of the molecule is CC[C@H]1[C@@H](O)C2C3CC[C@H]([C@H](C)CCCn4nnnc4C(=O)O)C3(C)CCC2C2(C)CC[C@@H](O)C[C@@H]12. The Bertz CT molecular complexity index is 954. The molecule has 1 aromatic heterocycles. The lowest BCUT2D eigenvalue weighted by Gasteiger charge is -2.64. The molecule has 0 radical (unpaired) electrons. The van der Waals surface area contributed by atoms with Crippen molar-refractivity contribution in [2.45, 2.75) is 111 Å². The molecule has 4 saturated carbocycles. The highest BCUT2D eigenvalue weighted by Gasteiger charge is 2.64. The van der Waals surface area contributed by atoms with E-state index >= 15 is 0 Å². The molecule has 8 nitrogen and oxygen atoms in total. The summed E-state index contributed by atoms with van der Waals surface area (Å²) in [5, 5.41) is 42.6. The molecule has 11 atom stereocenters. The molecule has 0 aromatic carbocycles. The summed E-state index contributed by atoms with van der Waals surface area (Å²) in [6, 6.07) is 0. The van der Waals surface area contributed by atoms with Crippen molar-refractivity contribution in [3.05, 3.63) is 5.82 Å². The molecular formula is C28H46N4O4. The predicted molar refractivity (Wildman–Crippen MR) is 135 cm³/mol. The van der Waals surface area contributed by atoms with Crippen molar-refractivity contribution >= 4 is 5.97 Å². The second kappa shape index (κ2) is 9.64. The highest BCUT2D eigenvalue weighted by Crippen LogP contribution is 2.69. The molecule has 0 aliphatic heterocycles. The number of rotatable bonds is 7. The van der Waals surface area contributed by atoms with E-state index in [1.54, 1.807) is 0 Å². The summed E-state index contributed by atoms with van der Waals surface area (Å²) in [7, 11) is 0. The van der Waals surface area contributed by atoms with Crippen LogP contribution in [0, 0.1) is 52.3 Å². The molecule has 4 aliphatic carbocycles. The topological polar surface area (TPSA) is 121 Å². The molecule has 36 heavy (non-hydrogen) atoms. The number of carboxylic acid groups (broad SMARTS) is 1. The minimum Gasteiger partial charge on any atom is -0.475 e. The van der Waals surface area contributed by atoms with E-state index in [0.29, 0.717) is 48.0 Å². The fraction of sp³-hybridized carbons (Fsp3) is 0.929. The molecule has 4 fully saturated rings. The summed E-state index contributed by atoms with van der Waals surface area (Å²) in [6.45, 7) is 10.1. The van der Waals surface area contributed by atoms with Crippen LogP contribution in [0.4, 0.5) is 0 Å². The van der Waals surface area contributed by atoms with Crippen LogP contribution in [0.25, 0.3) is 0 Å². The number of aryl methyl sites for hydroxylation is 1. The minimum atomic E-state index is -1.09. The molecule has 5 rings (SSSR count). The van der Waals surface area contributed by atoms with Crippen LogP contribution in [0.3, 0.4) is 0 Å². The molecule has 4 aliphatic rings. The Kier molecular flexibility index (Phi) is 6.99. The molecule has 0 bridgehead atoms. The van der Waals surface area contributed by atoms with Crippen molar-refractivity contribution in [3.8, 4) is 0 Å². The number of aromatic carboxylic acids is 1. The minimum absolute atomic E-state index is 0.0901. The second-order valence-electron chi connectivity index (χ2n) is 13.3. The molecule has 5 unspecified atom stereocenters. The molecule has 0 spiro atoms. The molecule has 1 heterocycles. The van der Waals surface area contributed by atoms with E-state index in [2.05, 4.69) is 43.2 Å². The number of aliphatic hydroxyl groups excluding tert-OH is 2. The molecule has 1 aromatic rings.